The minimum Gasteiger partial charge on any atom is -0.367 e. The minimum atomic E-state index is -0.0757. The van der Waals surface area contributed by atoms with Crippen LogP contribution in [-0.2, 0) is 30.8 Å². The first-order chi connectivity index (χ1) is 12.8. The van der Waals surface area contributed by atoms with E-state index in [1.165, 1.54) is 21.5 Å². The molecule has 4 rings (SSSR count). The molecule has 0 aliphatic carbocycles. The number of aromatic nitrogens is 3. The van der Waals surface area contributed by atoms with Crippen LogP contribution in [0.2, 0.25) is 0 Å². The zero-order chi connectivity index (χ0) is 17.8. The van der Waals surface area contributed by atoms with Gasteiger partial charge in [0, 0.05) is 31.5 Å². The van der Waals surface area contributed by atoms with Crippen molar-refractivity contribution >= 4 is 11.6 Å². The van der Waals surface area contributed by atoms with Crippen LogP contribution in [0.1, 0.15) is 16.7 Å². The molecule has 1 amide bonds. The van der Waals surface area contributed by atoms with Crippen molar-refractivity contribution in [2.45, 2.75) is 26.1 Å². The fourth-order valence-corrected chi connectivity index (χ4v) is 3.27. The Bertz CT molecular complexity index is 873. The number of rotatable bonds is 6. The van der Waals surface area contributed by atoms with Crippen LogP contribution in [0.15, 0.2) is 60.9 Å². The summed E-state index contributed by atoms with van der Waals surface area (Å²) in [5, 5.41) is 10.4. The molecule has 6 heteroatoms. The molecule has 1 aliphatic heterocycles. The van der Waals surface area contributed by atoms with E-state index in [9.17, 15) is 4.79 Å². The van der Waals surface area contributed by atoms with Crippen molar-refractivity contribution in [2.75, 3.05) is 11.4 Å². The number of benzene rings is 2. The van der Waals surface area contributed by atoms with Gasteiger partial charge in [-0.1, -0.05) is 47.7 Å². The zero-order valence-electron chi connectivity index (χ0n) is 14.5. The molecule has 0 saturated carbocycles. The van der Waals surface area contributed by atoms with Crippen LogP contribution in [0, 0.1) is 0 Å². The number of amides is 1. The van der Waals surface area contributed by atoms with Crippen molar-refractivity contribution in [2.24, 2.45) is 0 Å². The van der Waals surface area contributed by atoms with Gasteiger partial charge in [-0.25, -0.2) is 4.68 Å². The molecule has 2 heterocycles. The van der Waals surface area contributed by atoms with E-state index in [1.54, 1.807) is 12.4 Å². The standard InChI is InChI=1S/C20H21N5O/c26-20(15-25-12-10-22-23-25)21-13-16-5-7-17(8-6-16)14-24-11-9-18-3-1-2-4-19(18)24/h1-8,10,12H,9,11,13-15H2,(H,21,26). The monoisotopic (exact) mass is 347 g/mol. The molecule has 2 aromatic carbocycles. The van der Waals surface area contributed by atoms with Crippen LogP contribution in [0.3, 0.4) is 0 Å². The highest BCUT2D eigenvalue weighted by Gasteiger charge is 2.18. The lowest BCUT2D eigenvalue weighted by Gasteiger charge is -2.19. The van der Waals surface area contributed by atoms with Crippen molar-refractivity contribution in [3.8, 4) is 0 Å². The van der Waals surface area contributed by atoms with Gasteiger partial charge in [0.2, 0.25) is 5.91 Å². The summed E-state index contributed by atoms with van der Waals surface area (Å²) in [6, 6.07) is 17.0. The molecule has 1 aliphatic rings. The zero-order valence-corrected chi connectivity index (χ0v) is 14.5. The van der Waals surface area contributed by atoms with Crippen molar-refractivity contribution in [1.82, 2.24) is 20.3 Å². The Labute approximate surface area is 152 Å². The number of hydrogen-bond acceptors (Lipinski definition) is 4. The van der Waals surface area contributed by atoms with Gasteiger partial charge in [-0.2, -0.15) is 0 Å². The molecule has 26 heavy (non-hydrogen) atoms. The van der Waals surface area contributed by atoms with E-state index >= 15 is 0 Å². The van der Waals surface area contributed by atoms with E-state index < -0.39 is 0 Å². The first-order valence-corrected chi connectivity index (χ1v) is 8.79. The maximum atomic E-state index is 11.9. The molecule has 0 atom stereocenters. The van der Waals surface area contributed by atoms with Crippen molar-refractivity contribution in [3.05, 3.63) is 77.6 Å². The lowest BCUT2D eigenvalue weighted by Crippen LogP contribution is -2.27. The molecule has 1 aromatic heterocycles. The summed E-state index contributed by atoms with van der Waals surface area (Å²) in [5.41, 5.74) is 5.14. The summed E-state index contributed by atoms with van der Waals surface area (Å²) < 4.78 is 1.51. The molecular weight excluding hydrogens is 326 g/mol. The smallest absolute Gasteiger partial charge is 0.242 e. The maximum absolute atomic E-state index is 11.9. The Morgan fingerprint density at radius 2 is 1.88 bits per heavy atom. The second-order valence-corrected chi connectivity index (χ2v) is 6.49. The Hall–Kier alpha value is -3.15. The summed E-state index contributed by atoms with van der Waals surface area (Å²) >= 11 is 0. The van der Waals surface area contributed by atoms with Gasteiger partial charge < -0.3 is 10.2 Å². The van der Waals surface area contributed by atoms with E-state index in [4.69, 9.17) is 0 Å². The summed E-state index contributed by atoms with van der Waals surface area (Å²) in [6.45, 7) is 2.68. The van der Waals surface area contributed by atoms with E-state index in [1.807, 2.05) is 0 Å². The Kier molecular flexibility index (Phi) is 4.64. The highest BCUT2D eigenvalue weighted by molar-refractivity contribution is 5.75. The Morgan fingerprint density at radius 1 is 1.08 bits per heavy atom. The molecule has 0 unspecified atom stereocenters. The average Bonchev–Trinajstić information content (AvgIpc) is 3.32. The summed E-state index contributed by atoms with van der Waals surface area (Å²) in [7, 11) is 0. The van der Waals surface area contributed by atoms with E-state index in [2.05, 4.69) is 69.1 Å². The van der Waals surface area contributed by atoms with E-state index in [0.29, 0.717) is 6.54 Å². The first-order valence-electron chi connectivity index (χ1n) is 8.79. The topological polar surface area (TPSA) is 63.1 Å². The number of carbonyl (C=O) groups is 1. The molecule has 0 radical (unpaired) electrons. The van der Waals surface area contributed by atoms with Gasteiger partial charge in [0.1, 0.15) is 6.54 Å². The van der Waals surface area contributed by atoms with Crippen LogP contribution in [0.4, 0.5) is 5.69 Å². The molecule has 0 spiro atoms. The summed E-state index contributed by atoms with van der Waals surface area (Å²) in [4.78, 5) is 14.3. The van der Waals surface area contributed by atoms with E-state index in [0.717, 1.165) is 25.1 Å². The van der Waals surface area contributed by atoms with Gasteiger partial charge in [-0.3, -0.25) is 4.79 Å². The van der Waals surface area contributed by atoms with Crippen LogP contribution >= 0.6 is 0 Å². The summed E-state index contributed by atoms with van der Waals surface area (Å²) in [5.74, 6) is -0.0757. The van der Waals surface area contributed by atoms with Crippen LogP contribution < -0.4 is 10.2 Å². The molecule has 0 saturated heterocycles. The lowest BCUT2D eigenvalue weighted by atomic mass is 10.1. The molecule has 132 valence electrons. The number of nitrogens with zero attached hydrogens (tertiary/aromatic N) is 4. The number of carbonyl (C=O) groups excluding carboxylic acids is 1. The van der Waals surface area contributed by atoms with Gasteiger partial charge in [0.25, 0.3) is 0 Å². The van der Waals surface area contributed by atoms with Gasteiger partial charge in [-0.05, 0) is 29.2 Å². The second-order valence-electron chi connectivity index (χ2n) is 6.49. The second kappa shape index (κ2) is 7.39. The molecule has 3 aromatic rings. The lowest BCUT2D eigenvalue weighted by molar-refractivity contribution is -0.122. The summed E-state index contributed by atoms with van der Waals surface area (Å²) in [6.07, 6.45) is 4.35. The third-order valence-corrected chi connectivity index (χ3v) is 4.65. The molecule has 0 fully saturated rings. The third kappa shape index (κ3) is 3.74. The predicted octanol–water partition coefficient (Wildman–Crippen LogP) is 2.16. The Balaban J connectivity index is 1.30. The number of hydrogen-bond donors (Lipinski definition) is 1. The fraction of sp³-hybridized carbons (Fsp3) is 0.250. The number of anilines is 1. The fourth-order valence-electron chi connectivity index (χ4n) is 3.27. The number of para-hydroxylation sites is 1. The molecule has 6 nitrogen and oxygen atoms in total. The maximum Gasteiger partial charge on any atom is 0.242 e. The molecule has 1 N–H and O–H groups in total. The van der Waals surface area contributed by atoms with Crippen LogP contribution in [-0.4, -0.2) is 27.4 Å². The Morgan fingerprint density at radius 3 is 2.69 bits per heavy atom. The highest BCUT2D eigenvalue weighted by atomic mass is 16.2. The molecular formula is C20H21N5O. The number of nitrogens with one attached hydrogen (secondary N) is 1. The SMILES string of the molecule is O=C(Cn1ccnn1)NCc1ccc(CN2CCc3ccccc32)cc1. The van der Waals surface area contributed by atoms with Crippen molar-refractivity contribution in [3.63, 3.8) is 0 Å². The average molecular weight is 347 g/mol. The normalized spacial score (nSPS) is 12.8. The quantitative estimate of drug-likeness (QED) is 0.742. The van der Waals surface area contributed by atoms with Gasteiger partial charge in [0.15, 0.2) is 0 Å². The van der Waals surface area contributed by atoms with Gasteiger partial charge in [-0.15, -0.1) is 5.10 Å². The largest absolute Gasteiger partial charge is 0.367 e. The number of fused-ring (bicyclic) bond motifs is 1. The van der Waals surface area contributed by atoms with Gasteiger partial charge >= 0.3 is 0 Å². The van der Waals surface area contributed by atoms with E-state index in [-0.39, 0.29) is 12.5 Å². The van der Waals surface area contributed by atoms with Crippen LogP contribution in [0.5, 0.6) is 0 Å². The minimum absolute atomic E-state index is 0.0757. The van der Waals surface area contributed by atoms with Crippen LogP contribution in [0.25, 0.3) is 0 Å². The first kappa shape index (κ1) is 16.3. The molecule has 0 bridgehead atoms. The predicted molar refractivity (Wildman–Crippen MR) is 99.5 cm³/mol. The van der Waals surface area contributed by atoms with Crippen molar-refractivity contribution < 1.29 is 4.79 Å². The third-order valence-electron chi connectivity index (χ3n) is 4.65. The highest BCUT2D eigenvalue weighted by Crippen LogP contribution is 2.28. The van der Waals surface area contributed by atoms with Gasteiger partial charge in [0.05, 0.1) is 6.20 Å². The van der Waals surface area contributed by atoms with Crippen molar-refractivity contribution in [1.29, 1.82) is 0 Å².